The van der Waals surface area contributed by atoms with Gasteiger partial charge >= 0.3 is 0 Å². The minimum absolute atomic E-state index is 0.000961. The molecule has 0 aliphatic carbocycles. The summed E-state index contributed by atoms with van der Waals surface area (Å²) in [5.74, 6) is 0.00920. The molecular formula is C22H30N2O5S2. The molecule has 1 aliphatic heterocycles. The Bertz CT molecular complexity index is 966. The lowest BCUT2D eigenvalue weighted by molar-refractivity contribution is 0.0509. The highest BCUT2D eigenvalue weighted by atomic mass is 32.2. The molecule has 7 nitrogen and oxygen atoms in total. The van der Waals surface area contributed by atoms with E-state index in [4.69, 9.17) is 9.47 Å². The minimum Gasteiger partial charge on any atom is -0.495 e. The highest BCUT2D eigenvalue weighted by Crippen LogP contribution is 2.29. The molecule has 1 aromatic heterocycles. The maximum absolute atomic E-state index is 13.5. The van der Waals surface area contributed by atoms with E-state index in [9.17, 15) is 13.2 Å². The Morgan fingerprint density at radius 2 is 2.03 bits per heavy atom. The molecule has 1 amide bonds. The van der Waals surface area contributed by atoms with Crippen molar-refractivity contribution >= 4 is 27.3 Å². The second kappa shape index (κ2) is 10.6. The molecule has 1 unspecified atom stereocenters. The Labute approximate surface area is 188 Å². The molecule has 0 N–H and O–H groups in total. The summed E-state index contributed by atoms with van der Waals surface area (Å²) >= 11 is 1.59. The van der Waals surface area contributed by atoms with Crippen molar-refractivity contribution in [3.05, 3.63) is 46.2 Å². The summed E-state index contributed by atoms with van der Waals surface area (Å²) < 4.78 is 38.7. The van der Waals surface area contributed by atoms with Crippen molar-refractivity contribution in [2.75, 3.05) is 33.4 Å². The molecule has 0 radical (unpaired) electrons. The second-order valence-corrected chi connectivity index (χ2v) is 10.3. The van der Waals surface area contributed by atoms with Gasteiger partial charge in [-0.25, -0.2) is 8.42 Å². The Balaban J connectivity index is 1.95. The Hall–Kier alpha value is -1.94. The van der Waals surface area contributed by atoms with Crippen LogP contribution in [0.2, 0.25) is 0 Å². The van der Waals surface area contributed by atoms with Crippen molar-refractivity contribution in [2.45, 2.75) is 44.2 Å². The van der Waals surface area contributed by atoms with Crippen LogP contribution in [0.1, 0.15) is 41.9 Å². The molecule has 3 rings (SSSR count). The van der Waals surface area contributed by atoms with Gasteiger partial charge < -0.3 is 14.4 Å². The first-order valence-electron chi connectivity index (χ1n) is 10.5. The lowest BCUT2D eigenvalue weighted by Crippen LogP contribution is -2.37. The van der Waals surface area contributed by atoms with Crippen molar-refractivity contribution in [1.29, 1.82) is 0 Å². The van der Waals surface area contributed by atoms with Crippen molar-refractivity contribution in [3.8, 4) is 5.75 Å². The first-order valence-corrected chi connectivity index (χ1v) is 12.8. The van der Waals surface area contributed by atoms with E-state index in [2.05, 4.69) is 0 Å². The van der Waals surface area contributed by atoms with Crippen LogP contribution in [0.4, 0.5) is 0 Å². The quantitative estimate of drug-likeness (QED) is 0.535. The van der Waals surface area contributed by atoms with Gasteiger partial charge in [0.2, 0.25) is 10.0 Å². The standard InChI is InChI=1S/C22H30N2O5S2/c1-4-24(5-2)31(26,27)21-14-17(10-11-20(21)28-3)22(25)23(15-18-8-6-12-29-18)16-19-9-7-13-30-19/h7,9-11,13-14,18H,4-6,8,12,15-16H2,1-3H3. The lowest BCUT2D eigenvalue weighted by atomic mass is 10.1. The topological polar surface area (TPSA) is 76.2 Å². The predicted molar refractivity (Wildman–Crippen MR) is 121 cm³/mol. The molecule has 9 heteroatoms. The number of sulfonamides is 1. The van der Waals surface area contributed by atoms with Gasteiger partial charge in [0.25, 0.3) is 5.91 Å². The number of amides is 1. The number of hydrogen-bond acceptors (Lipinski definition) is 6. The van der Waals surface area contributed by atoms with Crippen molar-refractivity contribution in [1.82, 2.24) is 9.21 Å². The van der Waals surface area contributed by atoms with Crippen LogP contribution in [-0.2, 0) is 21.3 Å². The number of benzene rings is 1. The van der Waals surface area contributed by atoms with Gasteiger partial charge in [-0.1, -0.05) is 19.9 Å². The van der Waals surface area contributed by atoms with Gasteiger partial charge in [0.05, 0.1) is 19.8 Å². The number of rotatable bonds is 10. The highest BCUT2D eigenvalue weighted by Gasteiger charge is 2.29. The van der Waals surface area contributed by atoms with E-state index >= 15 is 0 Å². The summed E-state index contributed by atoms with van der Waals surface area (Å²) in [6, 6.07) is 8.56. The van der Waals surface area contributed by atoms with Gasteiger partial charge in [-0.15, -0.1) is 11.3 Å². The monoisotopic (exact) mass is 466 g/mol. The summed E-state index contributed by atoms with van der Waals surface area (Å²) in [4.78, 5) is 16.3. The minimum atomic E-state index is -3.78. The van der Waals surface area contributed by atoms with E-state index in [0.717, 1.165) is 17.7 Å². The van der Waals surface area contributed by atoms with Crippen LogP contribution in [0.3, 0.4) is 0 Å². The number of hydrogen-bond donors (Lipinski definition) is 0. The fourth-order valence-electron chi connectivity index (χ4n) is 3.74. The Morgan fingerprint density at radius 1 is 1.26 bits per heavy atom. The Kier molecular flexibility index (Phi) is 8.10. The largest absolute Gasteiger partial charge is 0.495 e. The average Bonchev–Trinajstić information content (AvgIpc) is 3.47. The molecule has 31 heavy (non-hydrogen) atoms. The van der Waals surface area contributed by atoms with Crippen molar-refractivity contribution < 1.29 is 22.7 Å². The smallest absolute Gasteiger partial charge is 0.254 e. The molecule has 0 saturated carbocycles. The van der Waals surface area contributed by atoms with Gasteiger partial charge in [0, 0.05) is 36.7 Å². The second-order valence-electron chi connectivity index (χ2n) is 7.36. The zero-order valence-electron chi connectivity index (χ0n) is 18.2. The predicted octanol–water partition coefficient (Wildman–Crippen LogP) is 3.61. The SMILES string of the molecule is CCN(CC)S(=O)(=O)c1cc(C(=O)N(Cc2cccs2)CC2CCCO2)ccc1OC. The molecule has 2 heterocycles. The van der Waals surface area contributed by atoms with Crippen molar-refractivity contribution in [2.24, 2.45) is 0 Å². The third-order valence-electron chi connectivity index (χ3n) is 5.40. The van der Waals surface area contributed by atoms with E-state index in [1.54, 1.807) is 42.2 Å². The van der Waals surface area contributed by atoms with Crippen LogP contribution in [0.15, 0.2) is 40.6 Å². The van der Waals surface area contributed by atoms with Gasteiger partial charge in [0.15, 0.2) is 0 Å². The van der Waals surface area contributed by atoms with Crippen LogP contribution in [0.5, 0.6) is 5.75 Å². The van der Waals surface area contributed by atoms with Gasteiger partial charge in [0.1, 0.15) is 10.6 Å². The molecule has 1 atom stereocenters. The third-order valence-corrected chi connectivity index (χ3v) is 8.33. The molecule has 2 aromatic rings. The number of thiophene rings is 1. The fourth-order valence-corrected chi connectivity index (χ4v) is 6.10. The molecule has 1 saturated heterocycles. The summed E-state index contributed by atoms with van der Waals surface area (Å²) in [6.45, 7) is 5.88. The van der Waals surface area contributed by atoms with Crippen LogP contribution in [0, 0.1) is 0 Å². The van der Waals surface area contributed by atoms with Crippen molar-refractivity contribution in [3.63, 3.8) is 0 Å². The first kappa shape index (κ1) is 23.7. The zero-order valence-corrected chi connectivity index (χ0v) is 19.9. The zero-order chi connectivity index (χ0) is 22.4. The number of methoxy groups -OCH3 is 1. The van der Waals surface area contributed by atoms with Crippen LogP contribution in [0.25, 0.3) is 0 Å². The van der Waals surface area contributed by atoms with E-state index in [-0.39, 0.29) is 22.7 Å². The van der Waals surface area contributed by atoms with Crippen LogP contribution < -0.4 is 4.74 Å². The van der Waals surface area contributed by atoms with E-state index < -0.39 is 10.0 Å². The molecule has 0 spiro atoms. The van der Waals surface area contributed by atoms with E-state index in [1.165, 1.54) is 17.5 Å². The summed E-state index contributed by atoms with van der Waals surface area (Å²) in [5, 5.41) is 1.98. The molecule has 170 valence electrons. The van der Waals surface area contributed by atoms with Gasteiger partial charge in [-0.3, -0.25) is 4.79 Å². The summed E-state index contributed by atoms with van der Waals surface area (Å²) in [6.07, 6.45) is 1.90. The van der Waals surface area contributed by atoms with Crippen LogP contribution in [-0.4, -0.2) is 63.0 Å². The molecule has 0 bridgehead atoms. The van der Waals surface area contributed by atoms with Crippen LogP contribution >= 0.6 is 11.3 Å². The maximum Gasteiger partial charge on any atom is 0.254 e. The normalized spacial score (nSPS) is 16.6. The average molecular weight is 467 g/mol. The number of carbonyl (C=O) groups excluding carboxylic acids is 1. The fraction of sp³-hybridized carbons (Fsp3) is 0.500. The lowest BCUT2D eigenvalue weighted by Gasteiger charge is -2.26. The number of ether oxygens (including phenoxy) is 2. The van der Waals surface area contributed by atoms with E-state index in [0.29, 0.717) is 38.3 Å². The molecular weight excluding hydrogens is 436 g/mol. The van der Waals surface area contributed by atoms with Gasteiger partial charge in [-0.2, -0.15) is 4.31 Å². The van der Waals surface area contributed by atoms with E-state index in [1.807, 2.05) is 17.5 Å². The molecule has 1 aromatic carbocycles. The first-order chi connectivity index (χ1) is 14.9. The molecule has 1 aliphatic rings. The maximum atomic E-state index is 13.5. The molecule has 1 fully saturated rings. The Morgan fingerprint density at radius 3 is 2.61 bits per heavy atom. The summed E-state index contributed by atoms with van der Waals surface area (Å²) in [7, 11) is -2.35. The number of nitrogens with zero attached hydrogens (tertiary/aromatic N) is 2. The summed E-state index contributed by atoms with van der Waals surface area (Å²) in [5.41, 5.74) is 0.320. The number of carbonyl (C=O) groups is 1. The van der Waals surface area contributed by atoms with Gasteiger partial charge in [-0.05, 0) is 42.5 Å². The highest BCUT2D eigenvalue weighted by molar-refractivity contribution is 7.89. The third kappa shape index (κ3) is 5.46.